The SMILES string of the molecule is CSCC[C@H](NC(=O)OCc1ccccc1)C1C=CC=CC1. The van der Waals surface area contributed by atoms with E-state index in [-0.39, 0.29) is 12.1 Å². The van der Waals surface area contributed by atoms with Crippen LogP contribution in [0.1, 0.15) is 18.4 Å². The summed E-state index contributed by atoms with van der Waals surface area (Å²) in [5.41, 5.74) is 0.999. The van der Waals surface area contributed by atoms with E-state index in [1.807, 2.05) is 30.3 Å². The predicted molar refractivity (Wildman–Crippen MR) is 92.9 cm³/mol. The van der Waals surface area contributed by atoms with Crippen molar-refractivity contribution in [2.75, 3.05) is 12.0 Å². The van der Waals surface area contributed by atoms with E-state index < -0.39 is 0 Å². The number of nitrogens with one attached hydrogen (secondary N) is 1. The standard InChI is InChI=1S/C18H23NO2S/c1-22-13-12-17(16-10-6-3-7-11-16)19-18(20)21-14-15-8-4-2-5-9-15/h2-10,16-17H,11-14H2,1H3,(H,19,20)/t16?,17-/m0/s1. The van der Waals surface area contributed by atoms with E-state index >= 15 is 0 Å². The van der Waals surface area contributed by atoms with Crippen molar-refractivity contribution in [1.82, 2.24) is 5.32 Å². The van der Waals surface area contributed by atoms with Crippen LogP contribution in [0.4, 0.5) is 4.79 Å². The zero-order chi connectivity index (χ0) is 15.6. The Morgan fingerprint density at radius 2 is 2.18 bits per heavy atom. The third-order valence-corrected chi connectivity index (χ3v) is 4.32. The first-order chi connectivity index (χ1) is 10.8. The van der Waals surface area contributed by atoms with Crippen LogP contribution in [-0.4, -0.2) is 24.1 Å². The lowest BCUT2D eigenvalue weighted by Gasteiger charge is -2.25. The lowest BCUT2D eigenvalue weighted by Crippen LogP contribution is -2.40. The van der Waals surface area contributed by atoms with Gasteiger partial charge in [0.05, 0.1) is 0 Å². The van der Waals surface area contributed by atoms with E-state index in [4.69, 9.17) is 4.74 Å². The molecule has 1 unspecified atom stereocenters. The molecule has 3 nitrogen and oxygen atoms in total. The first-order valence-electron chi connectivity index (χ1n) is 7.59. The number of thioether (sulfide) groups is 1. The van der Waals surface area contributed by atoms with E-state index in [2.05, 4.69) is 35.9 Å². The van der Waals surface area contributed by atoms with Crippen LogP contribution in [-0.2, 0) is 11.3 Å². The zero-order valence-corrected chi connectivity index (χ0v) is 13.7. The van der Waals surface area contributed by atoms with E-state index in [1.165, 1.54) is 0 Å². The molecule has 118 valence electrons. The third-order valence-electron chi connectivity index (χ3n) is 3.68. The first kappa shape index (κ1) is 16.7. The molecule has 1 aliphatic rings. The summed E-state index contributed by atoms with van der Waals surface area (Å²) < 4.78 is 5.33. The Morgan fingerprint density at radius 3 is 2.86 bits per heavy atom. The highest BCUT2D eigenvalue weighted by Gasteiger charge is 2.21. The average Bonchev–Trinajstić information content (AvgIpc) is 2.58. The summed E-state index contributed by atoms with van der Waals surface area (Å²) in [6.07, 6.45) is 12.1. The van der Waals surface area contributed by atoms with Crippen molar-refractivity contribution in [3.05, 3.63) is 60.2 Å². The van der Waals surface area contributed by atoms with Crippen LogP contribution >= 0.6 is 11.8 Å². The molecule has 0 aromatic heterocycles. The van der Waals surface area contributed by atoms with Gasteiger partial charge in [0.2, 0.25) is 0 Å². The van der Waals surface area contributed by atoms with Gasteiger partial charge < -0.3 is 10.1 Å². The molecule has 1 aromatic rings. The predicted octanol–water partition coefficient (Wildman–Crippen LogP) is 4.17. The molecule has 2 atom stereocenters. The number of carbonyl (C=O) groups is 1. The van der Waals surface area contributed by atoms with Gasteiger partial charge in [-0.15, -0.1) is 0 Å². The molecular formula is C18H23NO2S. The van der Waals surface area contributed by atoms with E-state index in [0.29, 0.717) is 12.5 Å². The maximum atomic E-state index is 12.1. The number of carbonyl (C=O) groups excluding carboxylic acids is 1. The highest BCUT2D eigenvalue weighted by atomic mass is 32.2. The molecule has 0 spiro atoms. The second-order valence-corrected chi connectivity index (χ2v) is 6.29. The van der Waals surface area contributed by atoms with E-state index in [1.54, 1.807) is 11.8 Å². The number of allylic oxidation sites excluding steroid dienone is 3. The van der Waals surface area contributed by atoms with Crippen molar-refractivity contribution in [3.63, 3.8) is 0 Å². The molecule has 2 rings (SSSR count). The Kier molecular flexibility index (Phi) is 7.10. The number of benzene rings is 1. The molecule has 0 bridgehead atoms. The van der Waals surface area contributed by atoms with Gasteiger partial charge in [0.1, 0.15) is 6.61 Å². The summed E-state index contributed by atoms with van der Waals surface area (Å²) in [6.45, 7) is 0.308. The highest BCUT2D eigenvalue weighted by molar-refractivity contribution is 7.98. The Labute approximate surface area is 136 Å². The fourth-order valence-electron chi connectivity index (χ4n) is 2.45. The van der Waals surface area contributed by atoms with Crippen molar-refractivity contribution in [2.24, 2.45) is 5.92 Å². The smallest absolute Gasteiger partial charge is 0.407 e. The normalized spacial score (nSPS) is 18.0. The molecule has 1 aromatic carbocycles. The highest BCUT2D eigenvalue weighted by Crippen LogP contribution is 2.19. The summed E-state index contributed by atoms with van der Waals surface area (Å²) in [6, 6.07) is 9.86. The minimum absolute atomic E-state index is 0.122. The monoisotopic (exact) mass is 317 g/mol. The van der Waals surface area contributed by atoms with Crippen LogP contribution < -0.4 is 5.32 Å². The Balaban J connectivity index is 1.84. The minimum Gasteiger partial charge on any atom is -0.445 e. The van der Waals surface area contributed by atoms with Gasteiger partial charge in [-0.2, -0.15) is 11.8 Å². The number of alkyl carbamates (subject to hydrolysis) is 1. The van der Waals surface area contributed by atoms with Crippen LogP contribution in [0.5, 0.6) is 0 Å². The molecule has 0 fully saturated rings. The molecule has 0 saturated carbocycles. The second-order valence-electron chi connectivity index (χ2n) is 5.31. The summed E-state index contributed by atoms with van der Waals surface area (Å²) in [5, 5.41) is 3.03. The maximum Gasteiger partial charge on any atom is 0.407 e. The van der Waals surface area contributed by atoms with Crippen LogP contribution in [0.15, 0.2) is 54.6 Å². The van der Waals surface area contributed by atoms with Gasteiger partial charge in [0, 0.05) is 12.0 Å². The summed E-state index contributed by atoms with van der Waals surface area (Å²) in [7, 11) is 0. The molecule has 22 heavy (non-hydrogen) atoms. The molecule has 0 heterocycles. The van der Waals surface area contributed by atoms with Gasteiger partial charge in [-0.3, -0.25) is 0 Å². The summed E-state index contributed by atoms with van der Waals surface area (Å²) in [4.78, 5) is 12.1. The van der Waals surface area contributed by atoms with Crippen molar-refractivity contribution < 1.29 is 9.53 Å². The fraction of sp³-hybridized carbons (Fsp3) is 0.389. The Hall–Kier alpha value is -1.68. The second kappa shape index (κ2) is 9.36. The van der Waals surface area contributed by atoms with Crippen molar-refractivity contribution in [3.8, 4) is 0 Å². The number of hydrogen-bond acceptors (Lipinski definition) is 3. The largest absolute Gasteiger partial charge is 0.445 e. The lowest BCUT2D eigenvalue weighted by atomic mass is 9.91. The van der Waals surface area contributed by atoms with Gasteiger partial charge in [-0.05, 0) is 30.4 Å². The van der Waals surface area contributed by atoms with Crippen LogP contribution in [0.25, 0.3) is 0 Å². The van der Waals surface area contributed by atoms with Gasteiger partial charge in [-0.1, -0.05) is 54.6 Å². The van der Waals surface area contributed by atoms with Gasteiger partial charge in [0.25, 0.3) is 0 Å². The maximum absolute atomic E-state index is 12.1. The number of hydrogen-bond donors (Lipinski definition) is 1. The number of ether oxygens (including phenoxy) is 1. The molecule has 1 N–H and O–H groups in total. The van der Waals surface area contributed by atoms with Gasteiger partial charge in [-0.25, -0.2) is 4.79 Å². The molecular weight excluding hydrogens is 294 g/mol. The van der Waals surface area contributed by atoms with Crippen molar-refractivity contribution in [2.45, 2.75) is 25.5 Å². The zero-order valence-electron chi connectivity index (χ0n) is 12.9. The number of rotatable bonds is 7. The van der Waals surface area contributed by atoms with Crippen LogP contribution in [0, 0.1) is 5.92 Å². The third kappa shape index (κ3) is 5.60. The molecule has 1 amide bonds. The first-order valence-corrected chi connectivity index (χ1v) is 8.98. The molecule has 0 radical (unpaired) electrons. The van der Waals surface area contributed by atoms with E-state index in [0.717, 1.165) is 24.2 Å². The van der Waals surface area contributed by atoms with Crippen molar-refractivity contribution >= 4 is 17.9 Å². The topological polar surface area (TPSA) is 38.3 Å². The van der Waals surface area contributed by atoms with Gasteiger partial charge in [0.15, 0.2) is 0 Å². The van der Waals surface area contributed by atoms with Crippen LogP contribution in [0.2, 0.25) is 0 Å². The lowest BCUT2D eigenvalue weighted by molar-refractivity contribution is 0.133. The summed E-state index contributed by atoms with van der Waals surface area (Å²) in [5.74, 6) is 1.37. The fourth-order valence-corrected chi connectivity index (χ4v) is 2.94. The molecule has 0 aliphatic heterocycles. The van der Waals surface area contributed by atoms with Crippen LogP contribution in [0.3, 0.4) is 0 Å². The number of amides is 1. The molecule has 4 heteroatoms. The average molecular weight is 317 g/mol. The Bertz CT molecular complexity index is 513. The molecule has 1 aliphatic carbocycles. The van der Waals surface area contributed by atoms with Gasteiger partial charge >= 0.3 is 6.09 Å². The summed E-state index contributed by atoms with van der Waals surface area (Å²) >= 11 is 1.80. The Morgan fingerprint density at radius 1 is 1.36 bits per heavy atom. The van der Waals surface area contributed by atoms with E-state index in [9.17, 15) is 4.79 Å². The van der Waals surface area contributed by atoms with Crippen molar-refractivity contribution in [1.29, 1.82) is 0 Å². The quantitative estimate of drug-likeness (QED) is 0.820. The minimum atomic E-state index is -0.335. The molecule has 0 saturated heterocycles.